The summed E-state index contributed by atoms with van der Waals surface area (Å²) in [5.41, 5.74) is 1.02. The Hall–Kier alpha value is -1.01. The lowest BCUT2D eigenvalue weighted by atomic mass is 9.72. The summed E-state index contributed by atoms with van der Waals surface area (Å²) in [7, 11) is 2.15. The van der Waals surface area contributed by atoms with Gasteiger partial charge in [0, 0.05) is 30.5 Å². The van der Waals surface area contributed by atoms with Crippen LogP contribution in [0.15, 0.2) is 24.5 Å². The average molecular weight is 305 g/mol. The van der Waals surface area contributed by atoms with E-state index >= 15 is 0 Å². The molecule has 1 aliphatic carbocycles. The van der Waals surface area contributed by atoms with Crippen LogP contribution in [0.5, 0.6) is 0 Å². The molecule has 5 nitrogen and oxygen atoms in total. The van der Waals surface area contributed by atoms with Gasteiger partial charge in [-0.1, -0.05) is 0 Å². The predicted molar refractivity (Wildman–Crippen MR) is 85.6 cm³/mol. The van der Waals surface area contributed by atoms with E-state index in [0.29, 0.717) is 13.2 Å². The first-order chi connectivity index (χ1) is 10.6. The smallest absolute Gasteiger partial charge is 0.0804 e. The molecule has 5 heteroatoms. The number of rotatable bonds is 5. The van der Waals surface area contributed by atoms with Gasteiger partial charge in [-0.15, -0.1) is 0 Å². The first-order valence-corrected chi connectivity index (χ1v) is 8.18. The molecule has 2 fully saturated rings. The van der Waals surface area contributed by atoms with E-state index in [9.17, 15) is 5.11 Å². The van der Waals surface area contributed by atoms with Gasteiger partial charge < -0.3 is 15.2 Å². The number of nitrogens with one attached hydrogen (secondary N) is 1. The van der Waals surface area contributed by atoms with E-state index < -0.39 is 0 Å². The van der Waals surface area contributed by atoms with Crippen LogP contribution in [0.1, 0.15) is 37.8 Å². The summed E-state index contributed by atoms with van der Waals surface area (Å²) < 4.78 is 5.89. The van der Waals surface area contributed by atoms with Crippen molar-refractivity contribution in [1.82, 2.24) is 15.2 Å². The van der Waals surface area contributed by atoms with Crippen molar-refractivity contribution < 1.29 is 9.84 Å². The second kappa shape index (κ2) is 6.24. The van der Waals surface area contributed by atoms with E-state index in [1.165, 1.54) is 24.8 Å². The van der Waals surface area contributed by atoms with Crippen LogP contribution in [0, 0.1) is 0 Å². The number of pyridine rings is 1. The SMILES string of the molecule is CC(NCC1(CO)COCC2(CCC2)N1C)c1ccncc1. The number of ether oxygens (including phenoxy) is 1. The number of hydrogen-bond acceptors (Lipinski definition) is 5. The number of aromatic nitrogens is 1. The van der Waals surface area contributed by atoms with Crippen LogP contribution in [0.4, 0.5) is 0 Å². The molecule has 2 N–H and O–H groups in total. The first-order valence-electron chi connectivity index (χ1n) is 8.18. The van der Waals surface area contributed by atoms with Crippen LogP contribution >= 0.6 is 0 Å². The molecule has 122 valence electrons. The number of hydrogen-bond donors (Lipinski definition) is 2. The minimum absolute atomic E-state index is 0.112. The van der Waals surface area contributed by atoms with Crippen LogP contribution in [0.3, 0.4) is 0 Å². The fraction of sp³-hybridized carbons (Fsp3) is 0.706. The highest BCUT2D eigenvalue weighted by Crippen LogP contribution is 2.43. The molecule has 1 saturated carbocycles. The molecule has 3 rings (SSSR count). The number of nitrogens with zero attached hydrogens (tertiary/aromatic N) is 2. The normalized spacial score (nSPS) is 29.2. The van der Waals surface area contributed by atoms with Crippen LogP contribution < -0.4 is 5.32 Å². The van der Waals surface area contributed by atoms with Crippen molar-refractivity contribution >= 4 is 0 Å². The van der Waals surface area contributed by atoms with Crippen LogP contribution in [-0.4, -0.2) is 59.5 Å². The monoisotopic (exact) mass is 305 g/mol. The van der Waals surface area contributed by atoms with Crippen LogP contribution in [0.25, 0.3) is 0 Å². The molecular weight excluding hydrogens is 278 g/mol. The zero-order valence-corrected chi connectivity index (χ0v) is 13.6. The lowest BCUT2D eigenvalue weighted by Crippen LogP contribution is -2.73. The minimum atomic E-state index is -0.333. The summed E-state index contributed by atoms with van der Waals surface area (Å²) in [5, 5.41) is 13.6. The average Bonchev–Trinajstić information content (AvgIpc) is 2.53. The Kier molecular flexibility index (Phi) is 4.50. The third-order valence-corrected chi connectivity index (χ3v) is 5.69. The maximum Gasteiger partial charge on any atom is 0.0804 e. The molecule has 1 spiro atoms. The summed E-state index contributed by atoms with van der Waals surface area (Å²) in [6.07, 6.45) is 7.23. The van der Waals surface area contributed by atoms with Gasteiger partial charge in [0.2, 0.25) is 0 Å². The van der Waals surface area contributed by atoms with Gasteiger partial charge in [0.15, 0.2) is 0 Å². The van der Waals surface area contributed by atoms with Gasteiger partial charge in [0.1, 0.15) is 0 Å². The van der Waals surface area contributed by atoms with E-state index in [0.717, 1.165) is 6.61 Å². The zero-order chi connectivity index (χ0) is 15.6. The van der Waals surface area contributed by atoms with Gasteiger partial charge in [-0.3, -0.25) is 9.88 Å². The Labute approximate surface area is 132 Å². The fourth-order valence-electron chi connectivity index (χ4n) is 3.68. The summed E-state index contributed by atoms with van der Waals surface area (Å²) in [4.78, 5) is 6.45. The van der Waals surface area contributed by atoms with E-state index in [1.807, 2.05) is 24.5 Å². The molecule has 22 heavy (non-hydrogen) atoms. The predicted octanol–water partition coefficient (Wildman–Crippen LogP) is 1.35. The van der Waals surface area contributed by atoms with Crippen molar-refractivity contribution in [1.29, 1.82) is 0 Å². The maximum absolute atomic E-state index is 10.1. The van der Waals surface area contributed by atoms with Crippen molar-refractivity contribution in [2.75, 3.05) is 33.4 Å². The van der Waals surface area contributed by atoms with Crippen molar-refractivity contribution in [2.45, 2.75) is 43.3 Å². The van der Waals surface area contributed by atoms with Crippen molar-refractivity contribution in [2.24, 2.45) is 0 Å². The van der Waals surface area contributed by atoms with Gasteiger partial charge in [-0.25, -0.2) is 0 Å². The Bertz CT molecular complexity index is 492. The Balaban J connectivity index is 1.68. The molecule has 0 amide bonds. The standard InChI is InChI=1S/C17H27N3O2/c1-14(15-4-8-18-9-5-15)19-10-17(11-21)13-22-12-16(20(17)2)6-3-7-16/h4-5,8-9,14,19,21H,3,6-7,10-13H2,1-2H3. The van der Waals surface area contributed by atoms with Gasteiger partial charge in [0.05, 0.1) is 25.4 Å². The van der Waals surface area contributed by atoms with E-state index in [4.69, 9.17) is 4.74 Å². The van der Waals surface area contributed by atoms with E-state index in [-0.39, 0.29) is 23.7 Å². The molecule has 0 bridgehead atoms. The van der Waals surface area contributed by atoms with Crippen molar-refractivity contribution in [3.05, 3.63) is 30.1 Å². The van der Waals surface area contributed by atoms with Crippen molar-refractivity contribution in [3.63, 3.8) is 0 Å². The summed E-state index contributed by atoms with van der Waals surface area (Å²) in [5.74, 6) is 0. The third-order valence-electron chi connectivity index (χ3n) is 5.69. The zero-order valence-electron chi connectivity index (χ0n) is 13.6. The topological polar surface area (TPSA) is 57.6 Å². The Morgan fingerprint density at radius 2 is 2.09 bits per heavy atom. The highest BCUT2D eigenvalue weighted by atomic mass is 16.5. The molecule has 0 radical (unpaired) electrons. The Morgan fingerprint density at radius 1 is 1.36 bits per heavy atom. The molecular formula is C17H27N3O2. The van der Waals surface area contributed by atoms with Gasteiger partial charge >= 0.3 is 0 Å². The second-order valence-corrected chi connectivity index (χ2v) is 6.90. The molecule has 2 aliphatic rings. The maximum atomic E-state index is 10.1. The van der Waals surface area contributed by atoms with E-state index in [1.54, 1.807) is 0 Å². The quantitative estimate of drug-likeness (QED) is 0.860. The molecule has 0 aromatic carbocycles. The van der Waals surface area contributed by atoms with Crippen LogP contribution in [-0.2, 0) is 4.74 Å². The molecule has 2 unspecified atom stereocenters. The molecule has 1 saturated heterocycles. The molecule has 2 heterocycles. The lowest BCUT2D eigenvalue weighted by molar-refractivity contribution is -0.180. The number of morpholine rings is 1. The van der Waals surface area contributed by atoms with Gasteiger partial charge in [0.25, 0.3) is 0 Å². The number of likely N-dealkylation sites (N-methyl/N-ethyl adjacent to an activating group) is 1. The Morgan fingerprint density at radius 3 is 2.68 bits per heavy atom. The lowest BCUT2D eigenvalue weighted by Gasteiger charge is -2.59. The highest BCUT2D eigenvalue weighted by Gasteiger charge is 2.52. The van der Waals surface area contributed by atoms with Crippen molar-refractivity contribution in [3.8, 4) is 0 Å². The molecule has 2 atom stereocenters. The summed E-state index contributed by atoms with van der Waals surface area (Å²) in [6, 6.07) is 4.27. The van der Waals surface area contributed by atoms with E-state index in [2.05, 4.69) is 29.2 Å². The van der Waals surface area contributed by atoms with Gasteiger partial charge in [-0.2, -0.15) is 0 Å². The van der Waals surface area contributed by atoms with Crippen LogP contribution in [0.2, 0.25) is 0 Å². The second-order valence-electron chi connectivity index (χ2n) is 6.90. The minimum Gasteiger partial charge on any atom is -0.394 e. The van der Waals surface area contributed by atoms with Gasteiger partial charge in [-0.05, 0) is 50.9 Å². The molecule has 1 aliphatic heterocycles. The number of aliphatic hydroxyl groups excluding tert-OH is 1. The fourth-order valence-corrected chi connectivity index (χ4v) is 3.68. The summed E-state index contributed by atoms with van der Waals surface area (Å²) >= 11 is 0. The third kappa shape index (κ3) is 2.67. The summed E-state index contributed by atoms with van der Waals surface area (Å²) in [6.45, 7) is 4.35. The first kappa shape index (κ1) is 15.9. The molecule has 1 aromatic rings. The highest BCUT2D eigenvalue weighted by molar-refractivity contribution is 5.15. The number of aliphatic hydroxyl groups is 1. The molecule has 1 aromatic heterocycles. The largest absolute Gasteiger partial charge is 0.394 e.